The normalized spacial score (nSPS) is 24.7. The molecule has 0 saturated heterocycles. The molecular weight excluding hydrogens is 271 g/mol. The Bertz CT molecular complexity index is 450. The van der Waals surface area contributed by atoms with Crippen LogP contribution in [-0.4, -0.2) is 26.7 Å². The van der Waals surface area contributed by atoms with Gasteiger partial charge in [0, 0.05) is 25.5 Å². The molecule has 1 aliphatic rings. The van der Waals surface area contributed by atoms with Gasteiger partial charge in [0.05, 0.1) is 5.41 Å². The summed E-state index contributed by atoms with van der Waals surface area (Å²) >= 11 is 12.1. The molecule has 0 N–H and O–H groups in total. The van der Waals surface area contributed by atoms with Crippen LogP contribution in [0.2, 0.25) is 0 Å². The Morgan fingerprint density at radius 2 is 2.00 bits per heavy atom. The van der Waals surface area contributed by atoms with Crippen molar-refractivity contribution in [3.63, 3.8) is 0 Å². The second kappa shape index (κ2) is 4.71. The molecule has 0 bridgehead atoms. The summed E-state index contributed by atoms with van der Waals surface area (Å²) in [5, 5.41) is 0. The van der Waals surface area contributed by atoms with Crippen molar-refractivity contribution in [3.05, 3.63) is 30.1 Å². The average molecular weight is 287 g/mol. The van der Waals surface area contributed by atoms with Gasteiger partial charge < -0.3 is 4.90 Å². The fraction of sp³-hybridized carbons (Fsp3) is 0.538. The summed E-state index contributed by atoms with van der Waals surface area (Å²) in [6, 6.07) is 3.81. The Balaban J connectivity index is 2.09. The Hall–Kier alpha value is -0.800. The highest BCUT2D eigenvalue weighted by Crippen LogP contribution is 2.64. The quantitative estimate of drug-likeness (QED) is 0.798. The van der Waals surface area contributed by atoms with Crippen LogP contribution in [0, 0.1) is 5.41 Å². The first-order valence-corrected chi connectivity index (χ1v) is 6.72. The Morgan fingerprint density at radius 1 is 1.44 bits per heavy atom. The van der Waals surface area contributed by atoms with E-state index in [1.54, 1.807) is 17.3 Å². The second-order valence-electron chi connectivity index (χ2n) is 4.89. The highest BCUT2D eigenvalue weighted by Gasteiger charge is 2.68. The van der Waals surface area contributed by atoms with Gasteiger partial charge in [0.2, 0.25) is 5.91 Å². The molecule has 3 nitrogen and oxygen atoms in total. The predicted octanol–water partition coefficient (Wildman–Crippen LogP) is 3.01. The lowest BCUT2D eigenvalue weighted by molar-refractivity contribution is -0.136. The number of aromatic nitrogens is 1. The zero-order valence-corrected chi connectivity index (χ0v) is 12.0. The molecule has 5 heteroatoms. The summed E-state index contributed by atoms with van der Waals surface area (Å²) in [7, 11) is 0. The number of hydrogen-bond donors (Lipinski definition) is 0. The molecule has 0 aromatic carbocycles. The minimum Gasteiger partial charge on any atom is -0.338 e. The van der Waals surface area contributed by atoms with Crippen LogP contribution >= 0.6 is 23.2 Å². The number of amides is 1. The molecule has 0 radical (unpaired) electrons. The van der Waals surface area contributed by atoms with E-state index in [0.29, 0.717) is 19.5 Å². The molecule has 1 amide bonds. The van der Waals surface area contributed by atoms with E-state index in [9.17, 15) is 4.79 Å². The van der Waals surface area contributed by atoms with E-state index in [2.05, 4.69) is 4.98 Å². The lowest BCUT2D eigenvalue weighted by Gasteiger charge is -2.25. The largest absolute Gasteiger partial charge is 0.338 e. The van der Waals surface area contributed by atoms with Gasteiger partial charge in [-0.05, 0) is 38.0 Å². The summed E-state index contributed by atoms with van der Waals surface area (Å²) in [6.07, 6.45) is 3.97. The van der Waals surface area contributed by atoms with Crippen molar-refractivity contribution in [2.45, 2.75) is 31.1 Å². The third kappa shape index (κ3) is 2.34. The highest BCUT2D eigenvalue weighted by molar-refractivity contribution is 6.53. The van der Waals surface area contributed by atoms with Crippen molar-refractivity contribution in [2.24, 2.45) is 5.41 Å². The molecule has 1 aromatic rings. The monoisotopic (exact) mass is 286 g/mol. The van der Waals surface area contributed by atoms with Crippen molar-refractivity contribution in [2.75, 3.05) is 6.54 Å². The lowest BCUT2D eigenvalue weighted by atomic mass is 10.1. The van der Waals surface area contributed by atoms with Crippen LogP contribution in [0.15, 0.2) is 24.5 Å². The van der Waals surface area contributed by atoms with E-state index >= 15 is 0 Å². The van der Waals surface area contributed by atoms with Crippen LogP contribution in [0.5, 0.6) is 0 Å². The third-order valence-corrected chi connectivity index (χ3v) is 4.62. The van der Waals surface area contributed by atoms with Crippen LogP contribution in [0.1, 0.15) is 25.8 Å². The lowest BCUT2D eigenvalue weighted by Crippen LogP contribution is -2.37. The average Bonchev–Trinajstić information content (AvgIpc) is 2.87. The number of hydrogen-bond acceptors (Lipinski definition) is 2. The molecule has 2 rings (SSSR count). The van der Waals surface area contributed by atoms with Gasteiger partial charge in [-0.25, -0.2) is 0 Å². The smallest absolute Gasteiger partial charge is 0.231 e. The van der Waals surface area contributed by atoms with Gasteiger partial charge in [-0.1, -0.05) is 0 Å². The number of nitrogens with zero attached hydrogens (tertiary/aromatic N) is 2. The first-order valence-electron chi connectivity index (χ1n) is 5.97. The summed E-state index contributed by atoms with van der Waals surface area (Å²) in [5.41, 5.74) is 0.415. The zero-order valence-electron chi connectivity index (χ0n) is 10.5. The molecule has 0 spiro atoms. The Morgan fingerprint density at radius 3 is 2.44 bits per heavy atom. The fourth-order valence-electron chi connectivity index (χ4n) is 2.02. The standard InChI is InChI=1S/C13H16Cl2N2O/c1-3-17(8-10-4-6-16-7-5-10)11(18)12(2)9-13(12,14)15/h4-7H,3,8-9H2,1-2H3/t12-/m0/s1. The van der Waals surface area contributed by atoms with Crippen LogP contribution < -0.4 is 0 Å². The number of carbonyl (C=O) groups excluding carboxylic acids is 1. The molecule has 1 atom stereocenters. The van der Waals surface area contributed by atoms with Crippen molar-refractivity contribution in [1.29, 1.82) is 0 Å². The minimum absolute atomic E-state index is 0.0202. The summed E-state index contributed by atoms with van der Waals surface area (Å²) in [5.74, 6) is 0.0202. The number of pyridine rings is 1. The molecule has 1 fully saturated rings. The van der Waals surface area contributed by atoms with E-state index < -0.39 is 9.75 Å². The third-order valence-electron chi connectivity index (χ3n) is 3.52. The molecule has 18 heavy (non-hydrogen) atoms. The second-order valence-corrected chi connectivity index (χ2v) is 6.37. The number of alkyl halides is 2. The van der Waals surface area contributed by atoms with Gasteiger partial charge in [-0.15, -0.1) is 23.2 Å². The zero-order chi connectivity index (χ0) is 13.4. The van der Waals surface area contributed by atoms with E-state index in [4.69, 9.17) is 23.2 Å². The molecule has 0 unspecified atom stereocenters. The first-order chi connectivity index (χ1) is 8.40. The fourth-order valence-corrected chi connectivity index (χ4v) is 2.71. The summed E-state index contributed by atoms with van der Waals surface area (Å²) in [4.78, 5) is 18.2. The van der Waals surface area contributed by atoms with Crippen molar-refractivity contribution >= 4 is 29.1 Å². The first kappa shape index (κ1) is 13.6. The van der Waals surface area contributed by atoms with Crippen LogP contribution in [0.3, 0.4) is 0 Å². The molecule has 1 aromatic heterocycles. The maximum Gasteiger partial charge on any atom is 0.231 e. The SMILES string of the molecule is CCN(Cc1ccncc1)C(=O)[C@]1(C)CC1(Cl)Cl. The van der Waals surface area contributed by atoms with E-state index in [-0.39, 0.29) is 5.91 Å². The van der Waals surface area contributed by atoms with Gasteiger partial charge in [0.1, 0.15) is 4.33 Å². The number of halogens is 2. The van der Waals surface area contributed by atoms with Gasteiger partial charge in [0.15, 0.2) is 0 Å². The Kier molecular flexibility index (Phi) is 3.56. The van der Waals surface area contributed by atoms with Crippen LogP contribution in [0.4, 0.5) is 0 Å². The Labute approximate surface area is 117 Å². The van der Waals surface area contributed by atoms with Crippen LogP contribution in [-0.2, 0) is 11.3 Å². The molecule has 98 valence electrons. The predicted molar refractivity (Wildman–Crippen MR) is 72.5 cm³/mol. The molecule has 1 heterocycles. The number of rotatable bonds is 4. The molecule has 1 aliphatic carbocycles. The topological polar surface area (TPSA) is 33.2 Å². The summed E-state index contributed by atoms with van der Waals surface area (Å²) < 4.78 is -0.907. The van der Waals surface area contributed by atoms with Crippen molar-refractivity contribution in [1.82, 2.24) is 9.88 Å². The maximum atomic E-state index is 12.4. The van der Waals surface area contributed by atoms with Gasteiger partial charge in [-0.3, -0.25) is 9.78 Å². The molecular formula is C13H16Cl2N2O. The van der Waals surface area contributed by atoms with Crippen molar-refractivity contribution < 1.29 is 4.79 Å². The van der Waals surface area contributed by atoms with Gasteiger partial charge >= 0.3 is 0 Å². The molecule has 0 aliphatic heterocycles. The van der Waals surface area contributed by atoms with Gasteiger partial charge in [0.25, 0.3) is 0 Å². The highest BCUT2D eigenvalue weighted by atomic mass is 35.5. The maximum absolute atomic E-state index is 12.4. The number of carbonyl (C=O) groups is 1. The van der Waals surface area contributed by atoms with E-state index in [1.165, 1.54) is 0 Å². The van der Waals surface area contributed by atoms with E-state index in [0.717, 1.165) is 5.56 Å². The van der Waals surface area contributed by atoms with Crippen LogP contribution in [0.25, 0.3) is 0 Å². The minimum atomic E-state index is -0.907. The summed E-state index contributed by atoms with van der Waals surface area (Å²) in [6.45, 7) is 4.98. The van der Waals surface area contributed by atoms with Gasteiger partial charge in [-0.2, -0.15) is 0 Å². The van der Waals surface area contributed by atoms with Crippen molar-refractivity contribution in [3.8, 4) is 0 Å². The molecule has 1 saturated carbocycles. The van der Waals surface area contributed by atoms with E-state index in [1.807, 2.05) is 26.0 Å².